The van der Waals surface area contributed by atoms with E-state index in [2.05, 4.69) is 15.4 Å². The summed E-state index contributed by atoms with van der Waals surface area (Å²) in [5.74, 6) is -1.78. The summed E-state index contributed by atoms with van der Waals surface area (Å²) < 4.78 is 71.9. The molecule has 0 spiro atoms. The fourth-order valence-corrected chi connectivity index (χ4v) is 4.85. The number of rotatable bonds is 5. The van der Waals surface area contributed by atoms with Crippen molar-refractivity contribution in [1.29, 1.82) is 0 Å². The highest BCUT2D eigenvalue weighted by Gasteiger charge is 2.42. The molecular weight excluding hydrogens is 475 g/mol. The first-order chi connectivity index (χ1) is 15.9. The van der Waals surface area contributed by atoms with Crippen molar-refractivity contribution in [3.63, 3.8) is 0 Å². The van der Waals surface area contributed by atoms with Gasteiger partial charge in [0.1, 0.15) is 0 Å². The molecule has 1 fully saturated rings. The Morgan fingerprint density at radius 2 is 2.03 bits per heavy atom. The third-order valence-corrected chi connectivity index (χ3v) is 7.61. The second-order valence-electron chi connectivity index (χ2n) is 8.67. The van der Waals surface area contributed by atoms with Crippen LogP contribution in [-0.4, -0.2) is 46.8 Å². The number of anilines is 2. The van der Waals surface area contributed by atoms with Crippen LogP contribution < -0.4 is 10.2 Å². The van der Waals surface area contributed by atoms with Crippen molar-refractivity contribution in [2.24, 2.45) is 5.92 Å². The van der Waals surface area contributed by atoms with Crippen LogP contribution in [0.25, 0.3) is 10.9 Å². The number of nitrogens with one attached hydrogen (secondary N) is 1. The molecule has 4 rings (SSSR count). The lowest BCUT2D eigenvalue weighted by Gasteiger charge is -2.29. The van der Waals surface area contributed by atoms with Crippen LogP contribution >= 0.6 is 0 Å². The van der Waals surface area contributed by atoms with E-state index in [0.717, 1.165) is 16.9 Å². The monoisotopic (exact) mass is 499 g/mol. The molecule has 1 aliphatic rings. The van der Waals surface area contributed by atoms with E-state index in [0.29, 0.717) is 18.5 Å². The zero-order chi connectivity index (χ0) is 24.8. The molecule has 1 aromatic carbocycles. The quantitative estimate of drug-likeness (QED) is 0.562. The predicted molar refractivity (Wildman–Crippen MR) is 119 cm³/mol. The summed E-state index contributed by atoms with van der Waals surface area (Å²) in [6.45, 7) is 6.00. The Balaban J connectivity index is 1.63. The first-order valence-corrected chi connectivity index (χ1v) is 12.2. The van der Waals surface area contributed by atoms with Crippen molar-refractivity contribution in [3.8, 4) is 0 Å². The van der Waals surface area contributed by atoms with Crippen LogP contribution in [0.3, 0.4) is 0 Å². The normalized spacial score (nSPS) is 17.5. The van der Waals surface area contributed by atoms with Crippen LogP contribution in [0.4, 0.5) is 24.9 Å². The van der Waals surface area contributed by atoms with Gasteiger partial charge in [0.05, 0.1) is 17.0 Å². The maximum atomic E-state index is 13.6. The van der Waals surface area contributed by atoms with Crippen LogP contribution in [0, 0.1) is 5.92 Å². The minimum Gasteiger partial charge on any atom is -0.417 e. The average molecular weight is 500 g/mol. The Morgan fingerprint density at radius 3 is 2.68 bits per heavy atom. The van der Waals surface area contributed by atoms with Crippen LogP contribution in [0.5, 0.6) is 0 Å². The van der Waals surface area contributed by atoms with Gasteiger partial charge in [0.15, 0.2) is 5.69 Å². The van der Waals surface area contributed by atoms with Crippen LogP contribution in [0.2, 0.25) is 0 Å². The third-order valence-electron chi connectivity index (χ3n) is 5.65. The van der Waals surface area contributed by atoms with Crippen LogP contribution in [0.15, 0.2) is 28.8 Å². The molecule has 1 N–H and O–H groups in total. The minimum atomic E-state index is -4.88. The largest absolute Gasteiger partial charge is 0.437 e. The van der Waals surface area contributed by atoms with E-state index in [1.807, 2.05) is 6.92 Å². The maximum Gasteiger partial charge on any atom is 0.437 e. The van der Waals surface area contributed by atoms with Gasteiger partial charge in [-0.3, -0.25) is 4.79 Å². The standard InChI is InChI=1S/C21H24F3N5O4S/c1-12(2)34(31,32)29-16-7-6-15(9-14(16)10-25-29)26-19(30)17-18(21(22,23)24)27-20(33-17)28-8-4-5-13(3)11-28/h6-7,9-10,12-13H,4-5,8,11H2,1-3H3,(H,26,30). The van der Waals surface area contributed by atoms with Crippen LogP contribution in [-0.2, 0) is 16.2 Å². The summed E-state index contributed by atoms with van der Waals surface area (Å²) in [5.41, 5.74) is -0.962. The molecule has 3 aromatic rings. The highest BCUT2D eigenvalue weighted by Crippen LogP contribution is 2.35. The molecule has 1 amide bonds. The van der Waals surface area contributed by atoms with E-state index in [4.69, 9.17) is 4.42 Å². The average Bonchev–Trinajstić information content (AvgIpc) is 3.38. The van der Waals surface area contributed by atoms with Gasteiger partial charge in [0.2, 0.25) is 5.76 Å². The first-order valence-electron chi connectivity index (χ1n) is 10.7. The number of nitrogens with zero attached hydrogens (tertiary/aromatic N) is 4. The molecule has 1 atom stereocenters. The summed E-state index contributed by atoms with van der Waals surface area (Å²) in [6, 6.07) is 3.98. The van der Waals surface area contributed by atoms with E-state index < -0.39 is 38.8 Å². The molecule has 34 heavy (non-hydrogen) atoms. The van der Waals surface area contributed by atoms with Crippen molar-refractivity contribution in [3.05, 3.63) is 35.9 Å². The lowest BCUT2D eigenvalue weighted by Crippen LogP contribution is -2.34. The van der Waals surface area contributed by atoms with Gasteiger partial charge < -0.3 is 14.6 Å². The maximum absolute atomic E-state index is 13.6. The molecule has 2 aromatic heterocycles. The summed E-state index contributed by atoms with van der Waals surface area (Å²) in [4.78, 5) is 18.0. The number of alkyl halides is 3. The number of aromatic nitrogens is 3. The Morgan fingerprint density at radius 1 is 1.29 bits per heavy atom. The molecule has 0 saturated carbocycles. The molecule has 13 heteroatoms. The van der Waals surface area contributed by atoms with Gasteiger partial charge in [0, 0.05) is 24.2 Å². The molecule has 0 radical (unpaired) electrons. The lowest BCUT2D eigenvalue weighted by atomic mass is 10.0. The van der Waals surface area contributed by atoms with E-state index in [1.165, 1.54) is 38.2 Å². The smallest absolute Gasteiger partial charge is 0.417 e. The molecule has 1 aliphatic heterocycles. The number of carbonyl (C=O) groups is 1. The zero-order valence-corrected chi connectivity index (χ0v) is 19.6. The number of carbonyl (C=O) groups excluding carboxylic acids is 1. The van der Waals surface area contributed by atoms with Gasteiger partial charge >= 0.3 is 6.18 Å². The molecule has 9 nitrogen and oxygen atoms in total. The van der Waals surface area contributed by atoms with Gasteiger partial charge in [0.25, 0.3) is 21.9 Å². The number of amides is 1. The SMILES string of the molecule is CC1CCCN(c2nc(C(F)(F)F)c(C(=O)Nc3ccc4c(cnn4S(=O)(=O)C(C)C)c3)o2)C1. The number of oxazole rings is 1. The number of hydrogen-bond donors (Lipinski definition) is 1. The Kier molecular flexibility index (Phi) is 6.08. The number of halogens is 3. The summed E-state index contributed by atoms with van der Waals surface area (Å²) >= 11 is 0. The van der Waals surface area contributed by atoms with E-state index in [-0.39, 0.29) is 23.1 Å². The fraction of sp³-hybridized carbons (Fsp3) is 0.476. The molecule has 3 heterocycles. The van der Waals surface area contributed by atoms with Crippen molar-refractivity contribution in [2.45, 2.75) is 45.0 Å². The molecular formula is C21H24F3N5O4S. The topological polar surface area (TPSA) is 110 Å². The summed E-state index contributed by atoms with van der Waals surface area (Å²) in [5, 5.41) is 5.97. The van der Waals surface area contributed by atoms with Crippen molar-refractivity contribution >= 4 is 38.5 Å². The van der Waals surface area contributed by atoms with Gasteiger partial charge in [-0.15, -0.1) is 0 Å². The lowest BCUT2D eigenvalue weighted by molar-refractivity contribution is -0.141. The number of hydrogen-bond acceptors (Lipinski definition) is 7. The van der Waals surface area contributed by atoms with Gasteiger partial charge in [-0.05, 0) is 50.8 Å². The molecule has 1 unspecified atom stereocenters. The Bertz CT molecular complexity index is 1330. The molecule has 184 valence electrons. The number of piperidine rings is 1. The van der Waals surface area contributed by atoms with Crippen molar-refractivity contribution in [1.82, 2.24) is 14.2 Å². The fourth-order valence-electron chi connectivity index (χ4n) is 3.83. The third kappa shape index (κ3) is 4.48. The highest BCUT2D eigenvalue weighted by molar-refractivity contribution is 7.90. The zero-order valence-electron chi connectivity index (χ0n) is 18.8. The Labute approximate surface area is 194 Å². The van der Waals surface area contributed by atoms with E-state index >= 15 is 0 Å². The summed E-state index contributed by atoms with van der Waals surface area (Å²) in [6.07, 6.45) is -1.84. The van der Waals surface area contributed by atoms with Gasteiger partial charge in [-0.1, -0.05) is 6.92 Å². The second-order valence-corrected chi connectivity index (χ2v) is 11.0. The van der Waals surface area contributed by atoms with Crippen LogP contribution in [0.1, 0.15) is 49.9 Å². The summed E-state index contributed by atoms with van der Waals surface area (Å²) in [7, 11) is -3.71. The van der Waals surface area contributed by atoms with Crippen molar-refractivity contribution < 1.29 is 30.8 Å². The second kappa shape index (κ2) is 8.60. The Hall–Kier alpha value is -3.09. The number of fused-ring (bicyclic) bond motifs is 1. The van der Waals surface area contributed by atoms with Gasteiger partial charge in [-0.2, -0.15) is 27.3 Å². The predicted octanol–water partition coefficient (Wildman–Crippen LogP) is 4.12. The first kappa shape index (κ1) is 24.0. The van der Waals surface area contributed by atoms with Crippen molar-refractivity contribution in [2.75, 3.05) is 23.3 Å². The van der Waals surface area contributed by atoms with E-state index in [1.54, 1.807) is 4.90 Å². The molecule has 0 bridgehead atoms. The molecule has 0 aliphatic carbocycles. The number of benzene rings is 1. The molecule has 1 saturated heterocycles. The van der Waals surface area contributed by atoms with E-state index in [9.17, 15) is 26.4 Å². The van der Waals surface area contributed by atoms with Gasteiger partial charge in [-0.25, -0.2) is 8.42 Å². The highest BCUT2D eigenvalue weighted by atomic mass is 32.2. The minimum absolute atomic E-state index is 0.150.